The molecule has 1 N–H and O–H groups in total. The second-order valence-electron chi connectivity index (χ2n) is 10.8. The number of pyridine rings is 1. The van der Waals surface area contributed by atoms with Gasteiger partial charge in [-0.05, 0) is 56.9 Å². The minimum Gasteiger partial charge on any atom is -0.366 e. The number of thiophene rings is 1. The molecule has 42 heavy (non-hydrogen) atoms. The highest BCUT2D eigenvalue weighted by molar-refractivity contribution is 7.91. The molecule has 0 aliphatic carbocycles. The molecule has 14 heteroatoms. The molecule has 0 radical (unpaired) electrons. The predicted molar refractivity (Wildman–Crippen MR) is 158 cm³/mol. The van der Waals surface area contributed by atoms with Crippen molar-refractivity contribution in [2.24, 2.45) is 0 Å². The molecule has 2 aliphatic heterocycles. The van der Waals surface area contributed by atoms with Crippen molar-refractivity contribution >= 4 is 36.3 Å². The second-order valence-corrected chi connectivity index (χ2v) is 14.9. The summed E-state index contributed by atoms with van der Waals surface area (Å²) in [7, 11) is -1.88. The third-order valence-corrected chi connectivity index (χ3v) is 11.3. The van der Waals surface area contributed by atoms with Crippen molar-refractivity contribution in [1.82, 2.24) is 25.2 Å². The van der Waals surface area contributed by atoms with Gasteiger partial charge in [-0.25, -0.2) is 18.4 Å². The van der Waals surface area contributed by atoms with Crippen molar-refractivity contribution in [3.63, 3.8) is 0 Å². The van der Waals surface area contributed by atoms with Gasteiger partial charge >= 0.3 is 5.66 Å². The van der Waals surface area contributed by atoms with Crippen molar-refractivity contribution in [2.75, 3.05) is 18.8 Å². The van der Waals surface area contributed by atoms with Gasteiger partial charge in [-0.2, -0.15) is 8.78 Å². The third kappa shape index (κ3) is 6.40. The van der Waals surface area contributed by atoms with Crippen LogP contribution < -0.4 is 5.32 Å². The van der Waals surface area contributed by atoms with Crippen LogP contribution in [-0.4, -0.2) is 59.1 Å². The summed E-state index contributed by atoms with van der Waals surface area (Å²) in [5.41, 5.74) is -1.19. The quantitative estimate of drug-likeness (QED) is 0.357. The number of likely N-dealkylation sites (tertiary alicyclic amines) is 1. The van der Waals surface area contributed by atoms with Gasteiger partial charge in [-0.3, -0.25) is 14.7 Å². The van der Waals surface area contributed by atoms with Gasteiger partial charge in [0.1, 0.15) is 5.60 Å². The molecule has 1 amide bonds. The van der Waals surface area contributed by atoms with Gasteiger partial charge in [-0.15, -0.1) is 11.3 Å². The number of carbonyl (C=O) groups excluding carboxylic acids is 1. The first-order valence-electron chi connectivity index (χ1n) is 13.8. The fraction of sp³-hybridized carbons (Fsp3) is 0.500. The number of rotatable bonds is 8. The number of aromatic nitrogens is 3. The van der Waals surface area contributed by atoms with Crippen LogP contribution in [0.4, 0.5) is 8.78 Å². The molecule has 5 heterocycles. The fourth-order valence-corrected chi connectivity index (χ4v) is 7.81. The lowest BCUT2D eigenvalue weighted by atomic mass is 9.83. The van der Waals surface area contributed by atoms with Gasteiger partial charge in [0.2, 0.25) is 5.82 Å². The molecule has 0 aromatic carbocycles. The highest BCUT2D eigenvalue weighted by Crippen LogP contribution is 2.48. The van der Waals surface area contributed by atoms with Crippen LogP contribution in [0.5, 0.6) is 0 Å². The van der Waals surface area contributed by atoms with E-state index in [1.54, 1.807) is 13.0 Å². The fourth-order valence-electron chi connectivity index (χ4n) is 5.55. The lowest BCUT2D eigenvalue weighted by Gasteiger charge is -2.47. The number of hydrogen-bond donors (Lipinski definition) is 1. The van der Waals surface area contributed by atoms with E-state index in [0.717, 1.165) is 48.4 Å². The number of alkyl halides is 2. The maximum absolute atomic E-state index is 13.5. The lowest BCUT2D eigenvalue weighted by molar-refractivity contribution is -0.134. The Morgan fingerprint density at radius 2 is 1.93 bits per heavy atom. The molecule has 1 fully saturated rings. The average Bonchev–Trinajstić information content (AvgIpc) is 3.41. The van der Waals surface area contributed by atoms with Crippen LogP contribution in [0, 0.1) is 0 Å². The van der Waals surface area contributed by atoms with Gasteiger partial charge in [-0.1, -0.05) is 16.2 Å². The Balaban J connectivity index is 1.25. The number of hydrogen-bond acceptors (Lipinski definition) is 9. The topological polar surface area (TPSA) is 114 Å². The molecule has 1 unspecified atom stereocenters. The SMILES string of the molecule is CCS(=O)(=O)c1ccc(CNC(=O)c2cc3c(s2)C2(CCN([C@H](C)c4cnc(C(F)(F)P)nc4)CC2)O[C@@H](C)C3)nc1. The Bertz CT molecular complexity index is 1540. The number of nitrogens with zero attached hydrogens (tertiary/aromatic N) is 4. The molecule has 226 valence electrons. The monoisotopic (exact) mass is 637 g/mol. The average molecular weight is 638 g/mol. The van der Waals surface area contributed by atoms with Crippen LogP contribution in [0.25, 0.3) is 0 Å². The van der Waals surface area contributed by atoms with E-state index in [0.29, 0.717) is 10.6 Å². The summed E-state index contributed by atoms with van der Waals surface area (Å²) < 4.78 is 57.6. The van der Waals surface area contributed by atoms with E-state index in [1.807, 2.05) is 19.9 Å². The summed E-state index contributed by atoms with van der Waals surface area (Å²) in [5.74, 6) is -0.735. The standard InChI is InChI=1S/C28H34F2N5O4PS2/c1-4-42(37,38)22-6-5-21(31-16-22)15-32-25(36)23-12-19-11-17(2)39-27(24(19)41-23)7-9-35(10-8-27)18(3)20-13-33-26(34-14-20)28(29,30)40/h5-6,12-14,16-18H,4,7-11,15,40H2,1-3H3,(H,32,36)/t17-,18+/m0/s1. The number of nitrogens with one attached hydrogen (secondary N) is 1. The number of fused-ring (bicyclic) bond motifs is 2. The van der Waals surface area contributed by atoms with Crippen LogP contribution in [-0.2, 0) is 38.8 Å². The zero-order chi connectivity index (χ0) is 30.3. The van der Waals surface area contributed by atoms with Gasteiger partial charge in [0.05, 0.1) is 33.9 Å². The Kier molecular flexibility index (Phi) is 8.80. The number of piperidine rings is 1. The van der Waals surface area contributed by atoms with Crippen LogP contribution in [0.2, 0.25) is 0 Å². The highest BCUT2D eigenvalue weighted by Gasteiger charge is 2.45. The van der Waals surface area contributed by atoms with Crippen molar-refractivity contribution in [3.05, 3.63) is 69.2 Å². The largest absolute Gasteiger partial charge is 0.366 e. The molecule has 0 bridgehead atoms. The van der Waals surface area contributed by atoms with E-state index in [9.17, 15) is 22.0 Å². The lowest BCUT2D eigenvalue weighted by Crippen LogP contribution is -2.48. The molecule has 3 aromatic heterocycles. The van der Waals surface area contributed by atoms with Crippen molar-refractivity contribution in [1.29, 1.82) is 0 Å². The van der Waals surface area contributed by atoms with E-state index in [4.69, 9.17) is 4.74 Å². The Labute approximate surface area is 250 Å². The summed E-state index contributed by atoms with van der Waals surface area (Å²) in [6, 6.07) is 5.03. The van der Waals surface area contributed by atoms with Crippen LogP contribution in [0.1, 0.15) is 76.8 Å². The first-order chi connectivity index (χ1) is 19.8. The van der Waals surface area contributed by atoms with Crippen LogP contribution in [0.3, 0.4) is 0 Å². The second kappa shape index (κ2) is 11.9. The van der Waals surface area contributed by atoms with E-state index >= 15 is 0 Å². The van der Waals surface area contributed by atoms with Crippen LogP contribution in [0.15, 0.2) is 41.7 Å². The predicted octanol–water partition coefficient (Wildman–Crippen LogP) is 4.59. The maximum Gasteiger partial charge on any atom is 0.316 e. The maximum atomic E-state index is 13.5. The molecule has 5 rings (SSSR count). The summed E-state index contributed by atoms with van der Waals surface area (Å²) >= 11 is 1.46. The molecule has 3 aromatic rings. The molecule has 1 saturated heterocycles. The summed E-state index contributed by atoms with van der Waals surface area (Å²) in [4.78, 5) is 29.2. The minimum absolute atomic E-state index is 0.000400. The molecule has 1 spiro atoms. The molecule has 2 aliphatic rings. The Morgan fingerprint density at radius 1 is 1.24 bits per heavy atom. The molecular weight excluding hydrogens is 603 g/mol. The smallest absolute Gasteiger partial charge is 0.316 e. The number of amides is 1. The van der Waals surface area contributed by atoms with Crippen molar-refractivity contribution < 1.29 is 26.7 Å². The summed E-state index contributed by atoms with van der Waals surface area (Å²) in [6.45, 7) is 7.28. The molecular formula is C28H34F2N5O4PS2. The summed E-state index contributed by atoms with van der Waals surface area (Å²) in [5, 5.41) is 2.90. The minimum atomic E-state index is -3.33. The molecule has 9 nitrogen and oxygen atoms in total. The zero-order valence-electron chi connectivity index (χ0n) is 23.6. The summed E-state index contributed by atoms with van der Waals surface area (Å²) in [6.07, 6.45) is 6.45. The van der Waals surface area contributed by atoms with Crippen molar-refractivity contribution in [3.8, 4) is 0 Å². The third-order valence-electron chi connectivity index (χ3n) is 7.95. The van der Waals surface area contributed by atoms with Gasteiger partial charge in [0.25, 0.3) is 5.91 Å². The number of ether oxygens (including phenoxy) is 1. The first kappa shape index (κ1) is 31.0. The van der Waals surface area contributed by atoms with E-state index in [2.05, 4.69) is 25.2 Å². The Morgan fingerprint density at radius 3 is 2.52 bits per heavy atom. The van der Waals surface area contributed by atoms with E-state index in [1.165, 1.54) is 45.2 Å². The van der Waals surface area contributed by atoms with Gasteiger partial charge in [0.15, 0.2) is 9.84 Å². The van der Waals surface area contributed by atoms with Gasteiger partial charge in [0, 0.05) is 48.2 Å². The number of carbonyl (C=O) groups is 1. The van der Waals surface area contributed by atoms with Crippen molar-refractivity contribution in [2.45, 2.75) is 74.9 Å². The first-order valence-corrected chi connectivity index (χ1v) is 16.9. The Hall–Kier alpha value is -2.44. The zero-order valence-corrected chi connectivity index (χ0v) is 26.4. The van der Waals surface area contributed by atoms with Crippen LogP contribution >= 0.6 is 20.6 Å². The van der Waals surface area contributed by atoms with E-state index < -0.39 is 26.9 Å². The van der Waals surface area contributed by atoms with E-state index in [-0.39, 0.29) is 35.2 Å². The van der Waals surface area contributed by atoms with Gasteiger partial charge < -0.3 is 10.1 Å². The molecule has 0 saturated carbocycles. The highest BCUT2D eigenvalue weighted by atomic mass is 32.2. The normalized spacial score (nSPS) is 19.8. The number of halogens is 2. The molecule has 3 atom stereocenters. The number of sulfone groups is 1.